The van der Waals surface area contributed by atoms with Gasteiger partial charge in [0, 0.05) is 0 Å². The van der Waals surface area contributed by atoms with Gasteiger partial charge in [-0.1, -0.05) is 0 Å². The van der Waals surface area contributed by atoms with Crippen LogP contribution >= 0.6 is 0 Å². The van der Waals surface area contributed by atoms with Gasteiger partial charge in [-0.05, 0) is 12.1 Å². The Bertz CT molecular complexity index is 434. The van der Waals surface area contributed by atoms with E-state index in [1.165, 1.54) is 12.4 Å². The Morgan fingerprint density at radius 3 is 3.08 bits per heavy atom. The summed E-state index contributed by atoms with van der Waals surface area (Å²) >= 11 is 0. The van der Waals surface area contributed by atoms with Gasteiger partial charge in [0.15, 0.2) is 6.29 Å². The monoisotopic (exact) mass is 162 g/mol. The molecule has 2 aromatic rings. The van der Waals surface area contributed by atoms with E-state index < -0.39 is 0 Å². The van der Waals surface area contributed by atoms with E-state index in [2.05, 4.69) is 9.97 Å². The zero-order valence-electron chi connectivity index (χ0n) is 6.11. The minimum Gasteiger partial charge on any atom is -0.507 e. The van der Waals surface area contributed by atoms with Crippen LogP contribution in [0.2, 0.25) is 0 Å². The minimum atomic E-state index is -0.0374. The highest BCUT2D eigenvalue weighted by Crippen LogP contribution is 2.22. The molecule has 0 unspecified atom stereocenters. The van der Waals surface area contributed by atoms with Crippen molar-refractivity contribution in [3.8, 4) is 5.75 Å². The number of hydrogen-bond acceptors (Lipinski definition) is 3. The van der Waals surface area contributed by atoms with Crippen LogP contribution in [0.5, 0.6) is 5.75 Å². The number of H-pyrrole nitrogens is 1. The number of aromatic amines is 1. The fraction of sp³-hybridized carbons (Fsp3) is 0. The topological polar surface area (TPSA) is 66.0 Å². The number of benzene rings is 1. The number of imidazole rings is 1. The Labute approximate surface area is 67.9 Å². The summed E-state index contributed by atoms with van der Waals surface area (Å²) in [5.41, 5.74) is 1.48. The van der Waals surface area contributed by atoms with E-state index in [9.17, 15) is 9.90 Å². The molecule has 2 N–H and O–H groups in total. The molecule has 0 atom stereocenters. The maximum atomic E-state index is 10.5. The van der Waals surface area contributed by atoms with Gasteiger partial charge in [0.1, 0.15) is 11.3 Å². The minimum absolute atomic E-state index is 0.0374. The van der Waals surface area contributed by atoms with Gasteiger partial charge in [0.2, 0.25) is 0 Å². The number of nitrogens with one attached hydrogen (secondary N) is 1. The Hall–Kier alpha value is -1.84. The van der Waals surface area contributed by atoms with Crippen LogP contribution in [0, 0.1) is 0 Å². The average Bonchev–Trinajstić information content (AvgIpc) is 2.52. The third-order valence-corrected chi connectivity index (χ3v) is 1.73. The van der Waals surface area contributed by atoms with Crippen molar-refractivity contribution in [1.82, 2.24) is 9.97 Å². The molecule has 0 saturated carbocycles. The first-order valence-electron chi connectivity index (χ1n) is 3.43. The number of fused-ring (bicyclic) bond motifs is 1. The predicted molar refractivity (Wildman–Crippen MR) is 43.1 cm³/mol. The van der Waals surface area contributed by atoms with Crippen molar-refractivity contribution < 1.29 is 9.90 Å². The maximum absolute atomic E-state index is 10.5. The lowest BCUT2D eigenvalue weighted by Crippen LogP contribution is -1.83. The van der Waals surface area contributed by atoms with E-state index in [1.807, 2.05) is 0 Å². The van der Waals surface area contributed by atoms with Gasteiger partial charge in [0.05, 0.1) is 17.4 Å². The quantitative estimate of drug-likeness (QED) is 0.616. The van der Waals surface area contributed by atoms with E-state index in [1.54, 1.807) is 6.07 Å². The van der Waals surface area contributed by atoms with Crippen LogP contribution in [0.1, 0.15) is 10.4 Å². The molecule has 2 rings (SSSR count). The van der Waals surface area contributed by atoms with Gasteiger partial charge in [-0.3, -0.25) is 4.79 Å². The molecule has 0 aliphatic heterocycles. The van der Waals surface area contributed by atoms with Crippen molar-refractivity contribution in [3.63, 3.8) is 0 Å². The summed E-state index contributed by atoms with van der Waals surface area (Å²) in [5.74, 6) is -0.0374. The lowest BCUT2D eigenvalue weighted by Gasteiger charge is -1.95. The summed E-state index contributed by atoms with van der Waals surface area (Å²) in [5, 5.41) is 9.24. The number of aromatic hydroxyl groups is 1. The van der Waals surface area contributed by atoms with Crippen molar-refractivity contribution in [3.05, 3.63) is 24.0 Å². The first-order chi connectivity index (χ1) is 5.83. The zero-order valence-corrected chi connectivity index (χ0v) is 6.11. The molecule has 1 aromatic carbocycles. The molecule has 0 spiro atoms. The molecule has 60 valence electrons. The smallest absolute Gasteiger partial charge is 0.156 e. The third-order valence-electron chi connectivity index (χ3n) is 1.73. The highest BCUT2D eigenvalue weighted by molar-refractivity contribution is 5.96. The molecule has 1 aromatic heterocycles. The fourth-order valence-corrected chi connectivity index (χ4v) is 1.14. The number of rotatable bonds is 1. The van der Waals surface area contributed by atoms with E-state index in [4.69, 9.17) is 0 Å². The first-order valence-corrected chi connectivity index (χ1v) is 3.43. The number of aromatic nitrogens is 2. The van der Waals surface area contributed by atoms with Crippen molar-refractivity contribution in [2.24, 2.45) is 0 Å². The van der Waals surface area contributed by atoms with E-state index in [0.29, 0.717) is 11.8 Å². The van der Waals surface area contributed by atoms with Crippen LogP contribution in [0.3, 0.4) is 0 Å². The summed E-state index contributed by atoms with van der Waals surface area (Å²) in [6, 6.07) is 3.13. The largest absolute Gasteiger partial charge is 0.507 e. The van der Waals surface area contributed by atoms with Crippen molar-refractivity contribution in [2.45, 2.75) is 0 Å². The van der Waals surface area contributed by atoms with Gasteiger partial charge in [-0.25, -0.2) is 4.98 Å². The number of aldehydes is 1. The van der Waals surface area contributed by atoms with E-state index in [-0.39, 0.29) is 11.3 Å². The normalized spacial score (nSPS) is 10.3. The standard InChI is InChI=1S/C8H6N2O2/c11-3-5-7(12)2-1-6-8(5)10-4-9-6/h1-4,12H,(H,9,10). The van der Waals surface area contributed by atoms with Crippen molar-refractivity contribution in [1.29, 1.82) is 0 Å². The zero-order chi connectivity index (χ0) is 8.55. The Kier molecular flexibility index (Phi) is 1.33. The van der Waals surface area contributed by atoms with Crippen LogP contribution in [0.25, 0.3) is 11.0 Å². The lowest BCUT2D eigenvalue weighted by molar-refractivity contribution is 0.112. The maximum Gasteiger partial charge on any atom is 0.156 e. The second-order valence-electron chi connectivity index (χ2n) is 2.41. The molecule has 0 fully saturated rings. The van der Waals surface area contributed by atoms with Gasteiger partial charge in [-0.2, -0.15) is 0 Å². The number of phenolic OH excluding ortho intramolecular Hbond substituents is 1. The van der Waals surface area contributed by atoms with Crippen LogP contribution < -0.4 is 0 Å². The molecule has 0 aliphatic rings. The summed E-state index contributed by atoms with van der Waals surface area (Å²) in [6.45, 7) is 0. The second-order valence-corrected chi connectivity index (χ2v) is 2.41. The van der Waals surface area contributed by atoms with Crippen LogP contribution in [0.4, 0.5) is 0 Å². The molecule has 0 saturated heterocycles. The summed E-state index contributed by atoms with van der Waals surface area (Å²) in [4.78, 5) is 17.3. The lowest BCUT2D eigenvalue weighted by atomic mass is 10.2. The third kappa shape index (κ3) is 0.780. The Morgan fingerprint density at radius 1 is 1.50 bits per heavy atom. The van der Waals surface area contributed by atoms with Gasteiger partial charge < -0.3 is 10.1 Å². The highest BCUT2D eigenvalue weighted by Gasteiger charge is 2.06. The first kappa shape index (κ1) is 6.84. The fourth-order valence-electron chi connectivity index (χ4n) is 1.14. The highest BCUT2D eigenvalue weighted by atomic mass is 16.3. The molecule has 0 bridgehead atoms. The Morgan fingerprint density at radius 2 is 2.33 bits per heavy atom. The summed E-state index contributed by atoms with van der Waals surface area (Å²) in [7, 11) is 0. The van der Waals surface area contributed by atoms with Gasteiger partial charge in [0.25, 0.3) is 0 Å². The molecular weight excluding hydrogens is 156 g/mol. The number of nitrogens with zero attached hydrogens (tertiary/aromatic N) is 1. The molecule has 1 heterocycles. The molecule has 0 amide bonds. The number of carbonyl (C=O) groups is 1. The molecular formula is C8H6N2O2. The number of carbonyl (C=O) groups excluding carboxylic acids is 1. The Balaban J connectivity index is 2.91. The molecule has 4 heteroatoms. The van der Waals surface area contributed by atoms with Crippen LogP contribution in [-0.2, 0) is 0 Å². The average molecular weight is 162 g/mol. The second kappa shape index (κ2) is 2.34. The molecule has 0 aliphatic carbocycles. The van der Waals surface area contributed by atoms with Gasteiger partial charge >= 0.3 is 0 Å². The summed E-state index contributed by atoms with van der Waals surface area (Å²) < 4.78 is 0. The molecule has 0 radical (unpaired) electrons. The molecule has 12 heavy (non-hydrogen) atoms. The van der Waals surface area contributed by atoms with Gasteiger partial charge in [-0.15, -0.1) is 0 Å². The van der Waals surface area contributed by atoms with E-state index in [0.717, 1.165) is 5.52 Å². The number of phenols is 1. The van der Waals surface area contributed by atoms with E-state index >= 15 is 0 Å². The van der Waals surface area contributed by atoms with Crippen LogP contribution in [-0.4, -0.2) is 21.4 Å². The summed E-state index contributed by atoms with van der Waals surface area (Å²) in [6.07, 6.45) is 2.08. The van der Waals surface area contributed by atoms with Crippen molar-refractivity contribution in [2.75, 3.05) is 0 Å². The SMILES string of the molecule is O=Cc1c(O)ccc2[nH]cnc12. The number of hydrogen-bond donors (Lipinski definition) is 2. The molecule has 4 nitrogen and oxygen atoms in total. The predicted octanol–water partition coefficient (Wildman–Crippen LogP) is 1.08. The van der Waals surface area contributed by atoms with Crippen molar-refractivity contribution >= 4 is 17.3 Å². The van der Waals surface area contributed by atoms with Crippen LogP contribution in [0.15, 0.2) is 18.5 Å².